The molecule has 0 radical (unpaired) electrons. The van der Waals surface area contributed by atoms with E-state index in [4.69, 9.17) is 16.3 Å². The summed E-state index contributed by atoms with van der Waals surface area (Å²) in [7, 11) is 0. The van der Waals surface area contributed by atoms with Crippen LogP contribution in [0.3, 0.4) is 0 Å². The highest BCUT2D eigenvalue weighted by molar-refractivity contribution is 9.10. The topological polar surface area (TPSA) is 55.3 Å². The number of nitrogens with zero attached hydrogens (tertiary/aromatic N) is 3. The molecule has 0 aliphatic heterocycles. The van der Waals surface area contributed by atoms with Crippen molar-refractivity contribution in [2.75, 3.05) is 11.5 Å². The summed E-state index contributed by atoms with van der Waals surface area (Å²) < 4.78 is 32.5. The van der Waals surface area contributed by atoms with Gasteiger partial charge in [-0.25, -0.2) is 18.7 Å². The zero-order valence-electron chi connectivity index (χ0n) is 14.3. The van der Waals surface area contributed by atoms with Crippen LogP contribution >= 0.6 is 27.5 Å². The van der Waals surface area contributed by atoms with Crippen LogP contribution in [0.2, 0.25) is 5.15 Å². The summed E-state index contributed by atoms with van der Waals surface area (Å²) in [5.74, 6) is -1.04. The Bertz CT molecular complexity index is 989. The van der Waals surface area contributed by atoms with Gasteiger partial charge < -0.3 is 4.74 Å². The molecule has 28 heavy (non-hydrogen) atoms. The smallest absolute Gasteiger partial charge is 0.258 e. The number of benzene rings is 2. The summed E-state index contributed by atoms with van der Waals surface area (Å²) in [4.78, 5) is 21.9. The van der Waals surface area contributed by atoms with E-state index in [9.17, 15) is 13.6 Å². The minimum atomic E-state index is -0.445. The van der Waals surface area contributed by atoms with Crippen LogP contribution in [0.15, 0.2) is 59.3 Å². The van der Waals surface area contributed by atoms with Crippen LogP contribution in [0.1, 0.15) is 5.56 Å². The lowest BCUT2D eigenvalue weighted by Crippen LogP contribution is -2.30. The highest BCUT2D eigenvalue weighted by Crippen LogP contribution is 2.26. The van der Waals surface area contributed by atoms with Crippen molar-refractivity contribution in [3.05, 3.63) is 81.7 Å². The van der Waals surface area contributed by atoms with Crippen LogP contribution < -0.4 is 4.90 Å². The van der Waals surface area contributed by atoms with Gasteiger partial charge in [-0.3, -0.25) is 9.69 Å². The molecule has 144 valence electrons. The van der Waals surface area contributed by atoms with E-state index in [0.717, 1.165) is 0 Å². The minimum absolute atomic E-state index is 0.0917. The van der Waals surface area contributed by atoms with Gasteiger partial charge in [-0.2, -0.15) is 0 Å². The van der Waals surface area contributed by atoms with Crippen molar-refractivity contribution in [2.45, 2.75) is 6.61 Å². The number of hydrogen-bond acceptors (Lipinski definition) is 4. The summed E-state index contributed by atoms with van der Waals surface area (Å²) in [6, 6.07) is 10.9. The lowest BCUT2D eigenvalue weighted by molar-refractivity contribution is -0.122. The third-order valence-corrected chi connectivity index (χ3v) is 4.63. The number of carbonyl (C=O) groups is 1. The number of carbonyl (C=O) groups excluding carboxylic acids is 1. The fourth-order valence-corrected chi connectivity index (χ4v) is 3.00. The molecule has 5 nitrogen and oxygen atoms in total. The number of ether oxygens (including phenoxy) is 1. The van der Waals surface area contributed by atoms with Gasteiger partial charge in [0.15, 0.2) is 0 Å². The van der Waals surface area contributed by atoms with E-state index in [-0.39, 0.29) is 30.0 Å². The zero-order chi connectivity index (χ0) is 20.1. The number of amides is 1. The number of halogens is 4. The second-order valence-electron chi connectivity index (χ2n) is 5.63. The van der Waals surface area contributed by atoms with Gasteiger partial charge in [0.05, 0.1) is 12.3 Å². The average Bonchev–Trinajstić information content (AvgIpc) is 2.65. The van der Waals surface area contributed by atoms with Crippen molar-refractivity contribution in [1.82, 2.24) is 9.97 Å². The Hall–Kier alpha value is -2.42. The molecule has 9 heteroatoms. The standard InChI is InChI=1S/C19H13BrClF2N3O2/c20-16-7-14(23)2-1-12(16)9-28-10-19(27)26(15-5-3-13(22)4-6-15)18-8-17(21)24-11-25-18/h1-8,11H,9-10H2. The van der Waals surface area contributed by atoms with E-state index in [1.54, 1.807) is 6.07 Å². The van der Waals surface area contributed by atoms with Gasteiger partial charge in [-0.1, -0.05) is 33.6 Å². The molecule has 1 aromatic heterocycles. The largest absolute Gasteiger partial charge is 0.367 e. The van der Waals surface area contributed by atoms with E-state index in [1.807, 2.05) is 0 Å². The van der Waals surface area contributed by atoms with E-state index in [2.05, 4.69) is 25.9 Å². The molecule has 0 aliphatic carbocycles. The van der Waals surface area contributed by atoms with E-state index in [1.165, 1.54) is 53.7 Å². The summed E-state index contributed by atoms with van der Waals surface area (Å²) in [5.41, 5.74) is 1.08. The first-order chi connectivity index (χ1) is 13.4. The molecule has 1 heterocycles. The normalized spacial score (nSPS) is 10.7. The average molecular weight is 469 g/mol. The number of anilines is 2. The Morgan fingerprint density at radius 1 is 1.07 bits per heavy atom. The Labute approximate surface area is 173 Å². The lowest BCUT2D eigenvalue weighted by atomic mass is 10.2. The fourth-order valence-electron chi connectivity index (χ4n) is 2.39. The molecule has 0 saturated carbocycles. The van der Waals surface area contributed by atoms with Crippen molar-refractivity contribution in [1.29, 1.82) is 0 Å². The zero-order valence-corrected chi connectivity index (χ0v) is 16.6. The highest BCUT2D eigenvalue weighted by atomic mass is 79.9. The van der Waals surface area contributed by atoms with Crippen molar-refractivity contribution < 1.29 is 18.3 Å². The van der Waals surface area contributed by atoms with Crippen LogP contribution in [0.5, 0.6) is 0 Å². The third-order valence-electron chi connectivity index (χ3n) is 3.68. The Kier molecular flexibility index (Phi) is 6.66. The van der Waals surface area contributed by atoms with Crippen LogP contribution in [-0.2, 0) is 16.1 Å². The van der Waals surface area contributed by atoms with Gasteiger partial charge in [0.1, 0.15) is 35.5 Å². The Balaban J connectivity index is 1.77. The lowest BCUT2D eigenvalue weighted by Gasteiger charge is -2.22. The molecule has 0 saturated heterocycles. The van der Waals surface area contributed by atoms with Gasteiger partial charge >= 0.3 is 0 Å². The third kappa shape index (κ3) is 5.09. The Morgan fingerprint density at radius 2 is 1.79 bits per heavy atom. The van der Waals surface area contributed by atoms with Crippen LogP contribution in [0.4, 0.5) is 20.3 Å². The van der Waals surface area contributed by atoms with Crippen LogP contribution in [-0.4, -0.2) is 22.5 Å². The molecule has 0 unspecified atom stereocenters. The maximum atomic E-state index is 13.3. The predicted octanol–water partition coefficient (Wildman–Crippen LogP) is 5.05. The first kappa shape index (κ1) is 20.3. The van der Waals surface area contributed by atoms with Crippen molar-refractivity contribution in [2.24, 2.45) is 0 Å². The van der Waals surface area contributed by atoms with Gasteiger partial charge in [-0.15, -0.1) is 0 Å². The molecule has 0 N–H and O–H groups in total. The highest BCUT2D eigenvalue weighted by Gasteiger charge is 2.20. The second kappa shape index (κ2) is 9.18. The van der Waals surface area contributed by atoms with E-state index >= 15 is 0 Å². The molecule has 0 atom stereocenters. The molecule has 2 aromatic carbocycles. The summed E-state index contributed by atoms with van der Waals surface area (Å²) in [6.07, 6.45) is 1.22. The Morgan fingerprint density at radius 3 is 2.46 bits per heavy atom. The summed E-state index contributed by atoms with van der Waals surface area (Å²) in [5, 5.41) is 0.154. The van der Waals surface area contributed by atoms with Crippen LogP contribution in [0.25, 0.3) is 0 Å². The van der Waals surface area contributed by atoms with Gasteiger partial charge in [0.25, 0.3) is 5.91 Å². The van der Waals surface area contributed by atoms with Gasteiger partial charge in [-0.05, 0) is 42.0 Å². The monoisotopic (exact) mass is 467 g/mol. The molecule has 3 aromatic rings. The number of rotatable bonds is 6. The molecular formula is C19H13BrClF2N3O2. The van der Waals surface area contributed by atoms with E-state index < -0.39 is 11.7 Å². The molecular weight excluding hydrogens is 456 g/mol. The van der Waals surface area contributed by atoms with Crippen molar-refractivity contribution in [3.63, 3.8) is 0 Å². The van der Waals surface area contributed by atoms with Crippen LogP contribution in [0, 0.1) is 11.6 Å². The maximum absolute atomic E-state index is 13.3. The SMILES string of the molecule is O=C(COCc1ccc(F)cc1Br)N(c1ccc(F)cc1)c1cc(Cl)ncn1. The number of hydrogen-bond donors (Lipinski definition) is 0. The van der Waals surface area contributed by atoms with Gasteiger partial charge in [0.2, 0.25) is 0 Å². The summed E-state index contributed by atoms with van der Waals surface area (Å²) in [6.45, 7) is -0.197. The van der Waals surface area contributed by atoms with E-state index in [0.29, 0.717) is 15.7 Å². The first-order valence-electron chi connectivity index (χ1n) is 8.02. The molecule has 0 spiro atoms. The summed E-state index contributed by atoms with van der Waals surface area (Å²) >= 11 is 9.15. The van der Waals surface area contributed by atoms with Gasteiger partial charge in [0, 0.05) is 10.5 Å². The minimum Gasteiger partial charge on any atom is -0.367 e. The number of aromatic nitrogens is 2. The fraction of sp³-hybridized carbons (Fsp3) is 0.105. The predicted molar refractivity (Wildman–Crippen MR) is 104 cm³/mol. The molecule has 3 rings (SSSR count). The quantitative estimate of drug-likeness (QED) is 0.475. The first-order valence-corrected chi connectivity index (χ1v) is 9.19. The maximum Gasteiger partial charge on any atom is 0.258 e. The second-order valence-corrected chi connectivity index (χ2v) is 6.87. The molecule has 1 amide bonds. The van der Waals surface area contributed by atoms with Crippen molar-refractivity contribution >= 4 is 44.9 Å². The van der Waals surface area contributed by atoms with Crippen molar-refractivity contribution in [3.8, 4) is 0 Å². The molecule has 0 fully saturated rings. The molecule has 0 aliphatic rings. The molecule has 0 bridgehead atoms.